The smallest absolute Gasteiger partial charge is 0.401 e. The fourth-order valence-corrected chi connectivity index (χ4v) is 0.882. The van der Waals surface area contributed by atoms with E-state index in [1.807, 2.05) is 0 Å². The number of rotatable bonds is 2. The lowest BCUT2D eigenvalue weighted by Gasteiger charge is -2.12. The molecule has 3 nitrogen and oxygen atoms in total. The molecule has 0 aliphatic heterocycles. The first-order valence-corrected chi connectivity index (χ1v) is 3.64. The van der Waals surface area contributed by atoms with Crippen molar-refractivity contribution in [3.05, 3.63) is 23.5 Å². The molecule has 0 aliphatic rings. The van der Waals surface area contributed by atoms with E-state index in [0.717, 1.165) is 0 Å². The SMILES string of the molecule is NCc1nc(F)cc(F)c1OC(F)(F)F. The van der Waals surface area contributed by atoms with Crippen LogP contribution in [0.2, 0.25) is 0 Å². The van der Waals surface area contributed by atoms with Crippen molar-refractivity contribution in [2.45, 2.75) is 12.9 Å². The molecule has 8 heteroatoms. The van der Waals surface area contributed by atoms with Crippen molar-refractivity contribution < 1.29 is 26.7 Å². The van der Waals surface area contributed by atoms with Crippen molar-refractivity contribution in [3.63, 3.8) is 0 Å². The van der Waals surface area contributed by atoms with Gasteiger partial charge < -0.3 is 10.5 Å². The Hall–Kier alpha value is -1.44. The van der Waals surface area contributed by atoms with Gasteiger partial charge in [-0.1, -0.05) is 0 Å². The van der Waals surface area contributed by atoms with Crippen LogP contribution in [0.1, 0.15) is 5.69 Å². The number of nitrogens with two attached hydrogens (primary N) is 1. The molecule has 0 atom stereocenters. The molecule has 0 aliphatic carbocycles. The van der Waals surface area contributed by atoms with Crippen LogP contribution in [-0.4, -0.2) is 11.3 Å². The van der Waals surface area contributed by atoms with Crippen LogP contribution in [0.5, 0.6) is 5.75 Å². The predicted octanol–water partition coefficient (Wildman–Crippen LogP) is 1.72. The molecule has 0 spiro atoms. The van der Waals surface area contributed by atoms with Crippen LogP contribution in [0.15, 0.2) is 6.07 Å². The highest BCUT2D eigenvalue weighted by Gasteiger charge is 2.34. The monoisotopic (exact) mass is 228 g/mol. The minimum absolute atomic E-state index is 0.181. The van der Waals surface area contributed by atoms with Gasteiger partial charge in [0.25, 0.3) is 0 Å². The van der Waals surface area contributed by atoms with Gasteiger partial charge in [-0.15, -0.1) is 13.2 Å². The molecule has 0 saturated heterocycles. The van der Waals surface area contributed by atoms with Gasteiger partial charge in [0.15, 0.2) is 11.6 Å². The first-order valence-electron chi connectivity index (χ1n) is 3.64. The van der Waals surface area contributed by atoms with Crippen LogP contribution >= 0.6 is 0 Å². The molecule has 0 aromatic carbocycles. The molecule has 2 N–H and O–H groups in total. The third kappa shape index (κ3) is 3.01. The highest BCUT2D eigenvalue weighted by molar-refractivity contribution is 5.29. The second-order valence-corrected chi connectivity index (χ2v) is 2.45. The fourth-order valence-electron chi connectivity index (χ4n) is 0.882. The number of alkyl halides is 3. The quantitative estimate of drug-likeness (QED) is 0.619. The zero-order valence-corrected chi connectivity index (χ0v) is 7.11. The normalized spacial score (nSPS) is 11.6. The number of pyridine rings is 1. The minimum Gasteiger partial charge on any atom is -0.401 e. The minimum atomic E-state index is -5.08. The Balaban J connectivity index is 3.15. The van der Waals surface area contributed by atoms with Gasteiger partial charge in [-0.2, -0.15) is 4.39 Å². The molecular formula is C7H5F5N2O. The van der Waals surface area contributed by atoms with Crippen molar-refractivity contribution in [1.82, 2.24) is 4.98 Å². The van der Waals surface area contributed by atoms with E-state index < -0.39 is 36.1 Å². The summed E-state index contributed by atoms with van der Waals surface area (Å²) in [6.45, 7) is -0.569. The topological polar surface area (TPSA) is 48.1 Å². The third-order valence-electron chi connectivity index (χ3n) is 1.38. The Labute approximate surface area is 80.7 Å². The molecule has 0 radical (unpaired) electrons. The van der Waals surface area contributed by atoms with Gasteiger partial charge in [-0.05, 0) is 0 Å². The zero-order valence-electron chi connectivity index (χ0n) is 7.11. The van der Waals surface area contributed by atoms with Crippen LogP contribution < -0.4 is 10.5 Å². The van der Waals surface area contributed by atoms with Crippen LogP contribution in [0.4, 0.5) is 22.0 Å². The summed E-state index contributed by atoms with van der Waals surface area (Å²) in [5, 5.41) is 0. The van der Waals surface area contributed by atoms with Crippen LogP contribution in [0, 0.1) is 11.8 Å². The first kappa shape index (κ1) is 11.6. The number of halogens is 5. The molecule has 1 rings (SSSR count). The summed E-state index contributed by atoms with van der Waals surface area (Å²) in [4.78, 5) is 2.98. The Morgan fingerprint density at radius 3 is 2.40 bits per heavy atom. The third-order valence-corrected chi connectivity index (χ3v) is 1.38. The molecule has 0 amide bonds. The summed E-state index contributed by atoms with van der Waals surface area (Å²) in [7, 11) is 0. The molecule has 1 heterocycles. The lowest BCUT2D eigenvalue weighted by Crippen LogP contribution is -2.20. The van der Waals surface area contributed by atoms with Gasteiger partial charge in [0.05, 0.1) is 0 Å². The maximum Gasteiger partial charge on any atom is 0.573 e. The zero-order chi connectivity index (χ0) is 11.6. The predicted molar refractivity (Wildman–Crippen MR) is 38.7 cm³/mol. The Kier molecular flexibility index (Phi) is 3.08. The number of ether oxygens (including phenoxy) is 1. The van der Waals surface area contributed by atoms with Crippen molar-refractivity contribution in [2.75, 3.05) is 0 Å². The molecule has 0 unspecified atom stereocenters. The van der Waals surface area contributed by atoms with Gasteiger partial charge in [0.2, 0.25) is 5.95 Å². The molecule has 0 saturated carbocycles. The lowest BCUT2D eigenvalue weighted by molar-refractivity contribution is -0.276. The molecule has 1 aromatic heterocycles. The van der Waals surface area contributed by atoms with E-state index in [1.54, 1.807) is 0 Å². The van der Waals surface area contributed by atoms with Crippen molar-refractivity contribution in [2.24, 2.45) is 5.73 Å². The Morgan fingerprint density at radius 2 is 1.93 bits per heavy atom. The Morgan fingerprint density at radius 1 is 1.33 bits per heavy atom. The number of hydrogen-bond donors (Lipinski definition) is 1. The first-order chi connectivity index (χ1) is 6.83. The van der Waals surface area contributed by atoms with E-state index in [0.29, 0.717) is 0 Å². The highest BCUT2D eigenvalue weighted by Crippen LogP contribution is 2.28. The molecule has 15 heavy (non-hydrogen) atoms. The van der Waals surface area contributed by atoms with Crippen molar-refractivity contribution in [1.29, 1.82) is 0 Å². The van der Waals surface area contributed by atoms with Gasteiger partial charge in [-0.25, -0.2) is 9.37 Å². The van der Waals surface area contributed by atoms with E-state index >= 15 is 0 Å². The van der Waals surface area contributed by atoms with Crippen LogP contribution in [0.25, 0.3) is 0 Å². The molecule has 84 valence electrons. The lowest BCUT2D eigenvalue weighted by atomic mass is 10.3. The van der Waals surface area contributed by atoms with Crippen LogP contribution in [-0.2, 0) is 6.54 Å². The summed E-state index contributed by atoms with van der Waals surface area (Å²) in [5.41, 5.74) is 4.33. The maximum absolute atomic E-state index is 12.9. The van der Waals surface area contributed by atoms with E-state index in [4.69, 9.17) is 5.73 Å². The van der Waals surface area contributed by atoms with Gasteiger partial charge in [0.1, 0.15) is 5.69 Å². The van der Waals surface area contributed by atoms with Gasteiger partial charge in [0, 0.05) is 12.6 Å². The van der Waals surface area contributed by atoms with E-state index in [1.165, 1.54) is 0 Å². The Bertz CT molecular complexity index is 365. The number of nitrogens with zero attached hydrogens (tertiary/aromatic N) is 1. The second-order valence-electron chi connectivity index (χ2n) is 2.45. The van der Waals surface area contributed by atoms with Gasteiger partial charge >= 0.3 is 6.36 Å². The maximum atomic E-state index is 12.9. The van der Waals surface area contributed by atoms with Gasteiger partial charge in [-0.3, -0.25) is 0 Å². The molecule has 1 aromatic rings. The fraction of sp³-hybridized carbons (Fsp3) is 0.286. The number of aromatic nitrogens is 1. The summed E-state index contributed by atoms with van der Waals surface area (Å²) < 4.78 is 64.0. The van der Waals surface area contributed by atoms with E-state index in [2.05, 4.69) is 9.72 Å². The summed E-state index contributed by atoms with van der Waals surface area (Å²) >= 11 is 0. The average Bonchev–Trinajstić information content (AvgIpc) is 2.07. The van der Waals surface area contributed by atoms with Crippen molar-refractivity contribution in [3.8, 4) is 5.75 Å². The second kappa shape index (κ2) is 3.97. The molecule has 0 bridgehead atoms. The summed E-state index contributed by atoms with van der Waals surface area (Å²) in [6.07, 6.45) is -5.08. The highest BCUT2D eigenvalue weighted by atomic mass is 19.4. The number of hydrogen-bond acceptors (Lipinski definition) is 3. The molecular weight excluding hydrogens is 223 g/mol. The van der Waals surface area contributed by atoms with E-state index in [-0.39, 0.29) is 6.07 Å². The summed E-state index contributed by atoms with van der Waals surface area (Å²) in [6, 6.07) is 0.181. The average molecular weight is 228 g/mol. The summed E-state index contributed by atoms with van der Waals surface area (Å²) in [5.74, 6) is -3.96. The van der Waals surface area contributed by atoms with Crippen molar-refractivity contribution >= 4 is 0 Å². The molecule has 0 fully saturated rings. The standard InChI is InChI=1S/C7H5F5N2O/c8-3-1-5(9)14-4(2-13)6(3)15-7(10,11)12/h1H,2,13H2. The van der Waals surface area contributed by atoms with Crippen LogP contribution in [0.3, 0.4) is 0 Å². The van der Waals surface area contributed by atoms with E-state index in [9.17, 15) is 22.0 Å². The largest absolute Gasteiger partial charge is 0.573 e.